The number of esters is 1. The Hall–Kier alpha value is -4.43. The van der Waals surface area contributed by atoms with Gasteiger partial charge in [-0.15, -0.1) is 0 Å². The highest BCUT2D eigenvalue weighted by atomic mass is 32.2. The van der Waals surface area contributed by atoms with Gasteiger partial charge in [-0.25, -0.2) is 14.8 Å². The quantitative estimate of drug-likeness (QED) is 0.301. The minimum absolute atomic E-state index is 0.0581. The van der Waals surface area contributed by atoms with E-state index in [0.717, 1.165) is 16.7 Å². The molecule has 0 unspecified atom stereocenters. The normalized spacial score (nSPS) is 15.0. The molecule has 4 rings (SSSR count). The zero-order valence-corrected chi connectivity index (χ0v) is 23.0. The van der Waals surface area contributed by atoms with Crippen molar-refractivity contribution >= 4 is 28.8 Å². The average molecular weight is 549 g/mol. The average Bonchev–Trinajstić information content (AvgIpc) is 2.94. The number of para-hydroxylation sites is 2. The highest BCUT2D eigenvalue weighted by Gasteiger charge is 2.38. The predicted molar refractivity (Wildman–Crippen MR) is 145 cm³/mol. The zero-order chi connectivity index (χ0) is 28.1. The fraction of sp³-hybridized carbons (Fsp3) is 0.286. The highest BCUT2D eigenvalue weighted by Crippen LogP contribution is 2.46. The first-order chi connectivity index (χ1) is 18.9. The second-order valence-corrected chi connectivity index (χ2v) is 9.30. The Kier molecular flexibility index (Phi) is 8.46. The number of fused-ring (bicyclic) bond motifs is 1. The molecule has 10 nitrogen and oxygen atoms in total. The second kappa shape index (κ2) is 12.0. The number of benzene rings is 2. The van der Waals surface area contributed by atoms with Crippen LogP contribution < -0.4 is 19.9 Å². The number of thioether (sulfide) groups is 1. The molecule has 0 aliphatic carbocycles. The number of nitrogens with zero attached hydrogens (tertiary/aromatic N) is 3. The standard InChI is InChI=1S/C28H28N4O6S/c1-6-37-28(33)24-22(14-39-27-15(2)31-18-9-7-8-10-19(18)32-27)38-26(30)17(13-29)23(24)16-11-20(34-3)25(36-5)21(12-16)35-4/h7-12,23H,6,14,30H2,1-5H3/t23-/m1/s1. The van der Waals surface area contributed by atoms with Gasteiger partial charge in [-0.2, -0.15) is 5.26 Å². The molecule has 0 saturated carbocycles. The summed E-state index contributed by atoms with van der Waals surface area (Å²) in [5, 5.41) is 10.7. The van der Waals surface area contributed by atoms with Gasteiger partial charge in [0.1, 0.15) is 22.4 Å². The van der Waals surface area contributed by atoms with Gasteiger partial charge in [0.15, 0.2) is 11.5 Å². The van der Waals surface area contributed by atoms with Gasteiger partial charge in [0, 0.05) is 0 Å². The third-order valence-electron chi connectivity index (χ3n) is 6.05. The molecule has 2 aromatic carbocycles. The lowest BCUT2D eigenvalue weighted by atomic mass is 9.82. The first kappa shape index (κ1) is 27.6. The molecular weight excluding hydrogens is 520 g/mol. The van der Waals surface area contributed by atoms with Gasteiger partial charge in [0.25, 0.3) is 0 Å². The monoisotopic (exact) mass is 548 g/mol. The van der Waals surface area contributed by atoms with Crippen molar-refractivity contribution < 1.29 is 28.5 Å². The second-order valence-electron chi connectivity index (χ2n) is 8.33. The third-order valence-corrected chi connectivity index (χ3v) is 7.12. The van der Waals surface area contributed by atoms with E-state index in [1.807, 2.05) is 31.2 Å². The Morgan fingerprint density at radius 3 is 2.31 bits per heavy atom. The van der Waals surface area contributed by atoms with Crippen LogP contribution in [0.2, 0.25) is 0 Å². The van der Waals surface area contributed by atoms with Crippen molar-refractivity contribution in [2.45, 2.75) is 24.8 Å². The van der Waals surface area contributed by atoms with Crippen LogP contribution in [0.3, 0.4) is 0 Å². The summed E-state index contributed by atoms with van der Waals surface area (Å²) in [5.41, 5.74) is 9.22. The lowest BCUT2D eigenvalue weighted by Crippen LogP contribution is -2.27. The van der Waals surface area contributed by atoms with E-state index in [4.69, 9.17) is 34.4 Å². The number of nitriles is 1. The number of aryl methyl sites for hydroxylation is 1. The summed E-state index contributed by atoms with van der Waals surface area (Å²) in [5.74, 6) is -0.129. The molecular formula is C28H28N4O6S. The Morgan fingerprint density at radius 1 is 1.10 bits per heavy atom. The Balaban J connectivity index is 1.84. The number of hydrogen-bond acceptors (Lipinski definition) is 11. The molecule has 39 heavy (non-hydrogen) atoms. The smallest absolute Gasteiger partial charge is 0.338 e. The van der Waals surface area contributed by atoms with E-state index in [2.05, 4.69) is 11.1 Å². The molecule has 2 heterocycles. The van der Waals surface area contributed by atoms with Gasteiger partial charge in [-0.3, -0.25) is 0 Å². The summed E-state index contributed by atoms with van der Waals surface area (Å²) in [6, 6.07) is 13.0. The van der Waals surface area contributed by atoms with E-state index in [9.17, 15) is 10.1 Å². The number of rotatable bonds is 9. The summed E-state index contributed by atoms with van der Waals surface area (Å²) >= 11 is 1.34. The van der Waals surface area contributed by atoms with E-state index in [1.54, 1.807) is 19.1 Å². The number of ether oxygens (including phenoxy) is 5. The van der Waals surface area contributed by atoms with Gasteiger partial charge >= 0.3 is 5.97 Å². The van der Waals surface area contributed by atoms with E-state index in [1.165, 1.54) is 33.1 Å². The number of aromatic nitrogens is 2. The summed E-state index contributed by atoms with van der Waals surface area (Å²) < 4.78 is 27.8. The molecule has 202 valence electrons. The summed E-state index contributed by atoms with van der Waals surface area (Å²) in [4.78, 5) is 22.7. The number of allylic oxidation sites excluding steroid dienone is 1. The van der Waals surface area contributed by atoms with Crippen molar-refractivity contribution in [3.05, 3.63) is 70.4 Å². The maximum Gasteiger partial charge on any atom is 0.338 e. The molecule has 1 atom stereocenters. The van der Waals surface area contributed by atoms with Crippen LogP contribution in [0.5, 0.6) is 17.2 Å². The minimum atomic E-state index is -0.907. The predicted octanol–water partition coefficient (Wildman–Crippen LogP) is 4.38. The molecule has 1 aromatic heterocycles. The molecule has 0 amide bonds. The summed E-state index contributed by atoms with van der Waals surface area (Å²) in [6.07, 6.45) is 0. The van der Waals surface area contributed by atoms with Crippen molar-refractivity contribution in [2.75, 3.05) is 33.7 Å². The van der Waals surface area contributed by atoms with Crippen LogP contribution in [0.25, 0.3) is 11.0 Å². The first-order valence-electron chi connectivity index (χ1n) is 12.0. The fourth-order valence-electron chi connectivity index (χ4n) is 4.30. The molecule has 1 aliphatic heterocycles. The molecule has 0 saturated heterocycles. The molecule has 3 aromatic rings. The van der Waals surface area contributed by atoms with Gasteiger partial charge in [-0.05, 0) is 43.7 Å². The molecule has 0 fully saturated rings. The highest BCUT2D eigenvalue weighted by molar-refractivity contribution is 7.99. The summed E-state index contributed by atoms with van der Waals surface area (Å²) in [7, 11) is 4.46. The number of carbonyl (C=O) groups excluding carboxylic acids is 1. The van der Waals surface area contributed by atoms with E-state index < -0.39 is 11.9 Å². The summed E-state index contributed by atoms with van der Waals surface area (Å²) in [6.45, 7) is 3.69. The molecule has 0 spiro atoms. The lowest BCUT2D eigenvalue weighted by molar-refractivity contribution is -0.139. The molecule has 2 N–H and O–H groups in total. The van der Waals surface area contributed by atoms with Crippen molar-refractivity contribution in [3.63, 3.8) is 0 Å². The van der Waals surface area contributed by atoms with Crippen LogP contribution in [0.4, 0.5) is 0 Å². The SMILES string of the molecule is CCOC(=O)C1=C(CSc2nc3ccccc3nc2C)OC(N)=C(C#N)[C@H]1c1cc(OC)c(OC)c(OC)c1. The minimum Gasteiger partial charge on any atom is -0.493 e. The van der Waals surface area contributed by atoms with Crippen LogP contribution in [0.15, 0.2) is 64.2 Å². The Bertz CT molecular complexity index is 1500. The maximum absolute atomic E-state index is 13.4. The van der Waals surface area contributed by atoms with Crippen LogP contribution in [-0.4, -0.2) is 49.6 Å². The van der Waals surface area contributed by atoms with Gasteiger partial charge in [-0.1, -0.05) is 23.9 Å². The molecule has 11 heteroatoms. The number of methoxy groups -OCH3 is 3. The van der Waals surface area contributed by atoms with Crippen LogP contribution in [-0.2, 0) is 14.3 Å². The largest absolute Gasteiger partial charge is 0.493 e. The van der Waals surface area contributed by atoms with Gasteiger partial charge in [0.2, 0.25) is 11.6 Å². The number of carbonyl (C=O) groups is 1. The maximum atomic E-state index is 13.4. The van der Waals surface area contributed by atoms with Crippen LogP contribution in [0.1, 0.15) is 24.1 Å². The van der Waals surface area contributed by atoms with Crippen molar-refractivity contribution in [1.82, 2.24) is 9.97 Å². The topological polar surface area (TPSA) is 139 Å². The van der Waals surface area contributed by atoms with Crippen LogP contribution in [0, 0.1) is 18.3 Å². The molecule has 0 bridgehead atoms. The van der Waals surface area contributed by atoms with E-state index in [0.29, 0.717) is 27.8 Å². The Morgan fingerprint density at radius 2 is 1.74 bits per heavy atom. The van der Waals surface area contributed by atoms with Crippen molar-refractivity contribution in [2.24, 2.45) is 5.73 Å². The molecule has 0 radical (unpaired) electrons. The Labute approximate surface area is 230 Å². The van der Waals surface area contributed by atoms with Crippen LogP contribution >= 0.6 is 11.8 Å². The third kappa shape index (κ3) is 5.42. The zero-order valence-electron chi connectivity index (χ0n) is 22.2. The number of nitrogens with two attached hydrogens (primary N) is 1. The number of hydrogen-bond donors (Lipinski definition) is 1. The lowest BCUT2D eigenvalue weighted by Gasteiger charge is -2.28. The van der Waals surface area contributed by atoms with Crippen molar-refractivity contribution in [1.29, 1.82) is 5.26 Å². The van der Waals surface area contributed by atoms with E-state index in [-0.39, 0.29) is 35.1 Å². The molecule has 1 aliphatic rings. The fourth-order valence-corrected chi connectivity index (χ4v) is 5.20. The first-order valence-corrected chi connectivity index (χ1v) is 13.0. The van der Waals surface area contributed by atoms with Gasteiger partial charge < -0.3 is 29.4 Å². The van der Waals surface area contributed by atoms with E-state index >= 15 is 0 Å². The van der Waals surface area contributed by atoms with Crippen molar-refractivity contribution in [3.8, 4) is 23.3 Å². The van der Waals surface area contributed by atoms with Gasteiger partial charge in [0.05, 0.1) is 61.9 Å².